The molecule has 1 saturated heterocycles. The smallest absolute Gasteiger partial charge is 0.317 e. The molecule has 14 heavy (non-hydrogen) atoms. The Labute approximate surface area is 83.1 Å². The van der Waals surface area contributed by atoms with E-state index in [-0.39, 0.29) is 18.5 Å². The minimum absolute atomic E-state index is 0.0490. The van der Waals surface area contributed by atoms with Gasteiger partial charge in [0.05, 0.1) is 6.42 Å². The van der Waals surface area contributed by atoms with Crippen molar-refractivity contribution in [3.05, 3.63) is 0 Å². The first kappa shape index (κ1) is 10.8. The summed E-state index contributed by atoms with van der Waals surface area (Å²) in [6.45, 7) is 0.664. The zero-order valence-corrected chi connectivity index (χ0v) is 8.32. The lowest BCUT2D eigenvalue weighted by atomic mass is 10.00. The van der Waals surface area contributed by atoms with E-state index >= 15 is 0 Å². The van der Waals surface area contributed by atoms with Gasteiger partial charge in [0.15, 0.2) is 0 Å². The molecule has 1 atom stereocenters. The van der Waals surface area contributed by atoms with Crippen molar-refractivity contribution in [1.82, 2.24) is 10.2 Å². The molecule has 0 saturated carbocycles. The van der Waals surface area contributed by atoms with E-state index in [4.69, 9.17) is 5.11 Å². The van der Waals surface area contributed by atoms with Crippen LogP contribution in [0.2, 0.25) is 0 Å². The van der Waals surface area contributed by atoms with E-state index in [1.165, 1.54) is 0 Å². The lowest BCUT2D eigenvalue weighted by Gasteiger charge is -2.34. The second-order valence-corrected chi connectivity index (χ2v) is 3.50. The largest absolute Gasteiger partial charge is 0.481 e. The van der Waals surface area contributed by atoms with Crippen LogP contribution in [0.15, 0.2) is 0 Å². The predicted octanol–water partition coefficient (Wildman–Crippen LogP) is 0.655. The number of carbonyl (C=O) groups excluding carboxylic acids is 1. The van der Waals surface area contributed by atoms with Crippen molar-refractivity contribution in [2.24, 2.45) is 0 Å². The van der Waals surface area contributed by atoms with Crippen LogP contribution >= 0.6 is 0 Å². The number of carboxylic acids is 1. The Morgan fingerprint density at radius 3 is 2.79 bits per heavy atom. The van der Waals surface area contributed by atoms with Gasteiger partial charge >= 0.3 is 12.0 Å². The molecule has 5 heteroatoms. The molecule has 5 nitrogen and oxygen atoms in total. The Morgan fingerprint density at radius 2 is 2.21 bits per heavy atom. The number of hydrogen-bond donors (Lipinski definition) is 2. The number of rotatable bonds is 2. The summed E-state index contributed by atoms with van der Waals surface area (Å²) in [7, 11) is 1.56. The SMILES string of the molecule is CNC(=O)N1CCCCC1CC(=O)O. The molecule has 0 radical (unpaired) electrons. The first-order valence-corrected chi connectivity index (χ1v) is 4.85. The maximum absolute atomic E-state index is 11.4. The molecule has 0 aliphatic carbocycles. The number of piperidine rings is 1. The highest BCUT2D eigenvalue weighted by molar-refractivity contribution is 5.75. The van der Waals surface area contributed by atoms with E-state index in [1.807, 2.05) is 0 Å². The molecule has 1 fully saturated rings. The van der Waals surface area contributed by atoms with E-state index in [0.29, 0.717) is 6.54 Å². The van der Waals surface area contributed by atoms with Crippen LogP contribution in [0.4, 0.5) is 4.79 Å². The molecule has 0 aromatic heterocycles. The predicted molar refractivity (Wildman–Crippen MR) is 51.1 cm³/mol. The lowest BCUT2D eigenvalue weighted by Crippen LogP contribution is -2.48. The van der Waals surface area contributed by atoms with Crippen molar-refractivity contribution < 1.29 is 14.7 Å². The maximum Gasteiger partial charge on any atom is 0.317 e. The summed E-state index contributed by atoms with van der Waals surface area (Å²) in [5.74, 6) is -0.842. The van der Waals surface area contributed by atoms with Gasteiger partial charge in [0.25, 0.3) is 0 Å². The molecule has 0 bridgehead atoms. The molecule has 1 rings (SSSR count). The standard InChI is InChI=1S/C9H16N2O3/c1-10-9(14)11-5-3-2-4-7(11)6-8(12)13/h7H,2-6H2,1H3,(H,10,14)(H,12,13). The van der Waals surface area contributed by atoms with Gasteiger partial charge in [-0.1, -0.05) is 0 Å². The number of hydrogen-bond acceptors (Lipinski definition) is 2. The molecule has 0 aromatic carbocycles. The van der Waals surface area contributed by atoms with Gasteiger partial charge in [0.1, 0.15) is 0 Å². The van der Waals surface area contributed by atoms with Crippen molar-refractivity contribution in [1.29, 1.82) is 0 Å². The number of carbonyl (C=O) groups is 2. The maximum atomic E-state index is 11.4. The monoisotopic (exact) mass is 200 g/mol. The molecule has 1 heterocycles. The molecule has 1 unspecified atom stereocenters. The van der Waals surface area contributed by atoms with Gasteiger partial charge in [-0.05, 0) is 19.3 Å². The first-order chi connectivity index (χ1) is 6.65. The van der Waals surface area contributed by atoms with E-state index < -0.39 is 5.97 Å². The first-order valence-electron chi connectivity index (χ1n) is 4.85. The second-order valence-electron chi connectivity index (χ2n) is 3.50. The third kappa shape index (κ3) is 2.61. The van der Waals surface area contributed by atoms with Crippen LogP contribution in [0.3, 0.4) is 0 Å². The lowest BCUT2D eigenvalue weighted by molar-refractivity contribution is -0.138. The van der Waals surface area contributed by atoms with Crippen LogP contribution in [-0.2, 0) is 4.79 Å². The highest BCUT2D eigenvalue weighted by Gasteiger charge is 2.27. The average Bonchev–Trinajstić information content (AvgIpc) is 2.16. The molecule has 1 aliphatic rings. The van der Waals surface area contributed by atoms with Gasteiger partial charge in [-0.25, -0.2) is 4.79 Å². The Hall–Kier alpha value is -1.26. The van der Waals surface area contributed by atoms with Crippen molar-refractivity contribution in [3.8, 4) is 0 Å². The molecular formula is C9H16N2O3. The Kier molecular flexibility index (Phi) is 3.73. The Balaban J connectivity index is 2.58. The Morgan fingerprint density at radius 1 is 1.50 bits per heavy atom. The zero-order valence-electron chi connectivity index (χ0n) is 8.32. The fourth-order valence-electron chi connectivity index (χ4n) is 1.83. The van der Waals surface area contributed by atoms with E-state index in [1.54, 1.807) is 11.9 Å². The van der Waals surface area contributed by atoms with Crippen LogP contribution in [0.1, 0.15) is 25.7 Å². The van der Waals surface area contributed by atoms with Crippen LogP contribution in [0.5, 0.6) is 0 Å². The van der Waals surface area contributed by atoms with Crippen molar-refractivity contribution in [2.45, 2.75) is 31.7 Å². The van der Waals surface area contributed by atoms with Gasteiger partial charge in [0.2, 0.25) is 0 Å². The highest BCUT2D eigenvalue weighted by atomic mass is 16.4. The highest BCUT2D eigenvalue weighted by Crippen LogP contribution is 2.19. The van der Waals surface area contributed by atoms with Crippen LogP contribution < -0.4 is 5.32 Å². The number of nitrogens with one attached hydrogen (secondary N) is 1. The van der Waals surface area contributed by atoms with Crippen molar-refractivity contribution in [2.75, 3.05) is 13.6 Å². The number of aliphatic carboxylic acids is 1. The molecule has 80 valence electrons. The van der Waals surface area contributed by atoms with Gasteiger partial charge < -0.3 is 15.3 Å². The summed E-state index contributed by atoms with van der Waals surface area (Å²) >= 11 is 0. The van der Waals surface area contributed by atoms with Crippen molar-refractivity contribution in [3.63, 3.8) is 0 Å². The number of carboxylic acid groups (broad SMARTS) is 1. The molecule has 0 spiro atoms. The minimum Gasteiger partial charge on any atom is -0.481 e. The summed E-state index contributed by atoms with van der Waals surface area (Å²) in [6.07, 6.45) is 2.81. The summed E-state index contributed by atoms with van der Waals surface area (Å²) < 4.78 is 0. The van der Waals surface area contributed by atoms with Gasteiger partial charge in [-0.2, -0.15) is 0 Å². The van der Waals surface area contributed by atoms with Crippen molar-refractivity contribution >= 4 is 12.0 Å². The molecule has 1 aliphatic heterocycles. The number of urea groups is 1. The molecular weight excluding hydrogens is 184 g/mol. The summed E-state index contributed by atoms with van der Waals surface area (Å²) in [5, 5.41) is 11.2. The second kappa shape index (κ2) is 4.83. The number of likely N-dealkylation sites (tertiary alicyclic amines) is 1. The number of amides is 2. The normalized spacial score (nSPS) is 21.8. The Bertz CT molecular complexity index is 230. The summed E-state index contributed by atoms with van der Waals surface area (Å²) in [4.78, 5) is 23.6. The van der Waals surface area contributed by atoms with E-state index in [0.717, 1.165) is 19.3 Å². The van der Waals surface area contributed by atoms with E-state index in [2.05, 4.69) is 5.32 Å². The van der Waals surface area contributed by atoms with Gasteiger partial charge in [-0.15, -0.1) is 0 Å². The average molecular weight is 200 g/mol. The van der Waals surface area contributed by atoms with Gasteiger partial charge in [0, 0.05) is 19.6 Å². The third-order valence-electron chi connectivity index (χ3n) is 2.51. The molecule has 2 N–H and O–H groups in total. The number of nitrogens with zero attached hydrogens (tertiary/aromatic N) is 1. The van der Waals surface area contributed by atoms with E-state index in [9.17, 15) is 9.59 Å². The fourth-order valence-corrected chi connectivity index (χ4v) is 1.83. The topological polar surface area (TPSA) is 69.6 Å². The quantitative estimate of drug-likeness (QED) is 0.687. The van der Waals surface area contributed by atoms with Crippen LogP contribution in [-0.4, -0.2) is 41.6 Å². The molecule has 2 amide bonds. The fraction of sp³-hybridized carbons (Fsp3) is 0.778. The molecule has 0 aromatic rings. The summed E-state index contributed by atoms with van der Waals surface area (Å²) in [6, 6.07) is -0.308. The summed E-state index contributed by atoms with van der Waals surface area (Å²) in [5.41, 5.74) is 0. The van der Waals surface area contributed by atoms with Crippen LogP contribution in [0.25, 0.3) is 0 Å². The minimum atomic E-state index is -0.842. The van der Waals surface area contributed by atoms with Gasteiger partial charge in [-0.3, -0.25) is 4.79 Å². The third-order valence-corrected chi connectivity index (χ3v) is 2.51. The zero-order chi connectivity index (χ0) is 10.6. The van der Waals surface area contributed by atoms with Crippen LogP contribution in [0, 0.1) is 0 Å².